The number of hydrogen-bond donors (Lipinski definition) is 2. The summed E-state index contributed by atoms with van der Waals surface area (Å²) in [5, 5.41) is 2.91. The molecule has 0 radical (unpaired) electrons. The van der Waals surface area contributed by atoms with Crippen LogP contribution in [0.15, 0.2) is 0 Å². The van der Waals surface area contributed by atoms with Crippen LogP contribution in [0, 0.1) is 11.8 Å². The molecular weight excluding hydrogens is 240 g/mol. The highest BCUT2D eigenvalue weighted by atomic mass is 32.2. The summed E-state index contributed by atoms with van der Waals surface area (Å²) in [6.07, 6.45) is 1.17. The van der Waals surface area contributed by atoms with Crippen LogP contribution in [0.1, 0.15) is 26.7 Å². The van der Waals surface area contributed by atoms with Crippen LogP contribution in [-0.2, 0) is 14.6 Å². The van der Waals surface area contributed by atoms with Gasteiger partial charge >= 0.3 is 0 Å². The quantitative estimate of drug-likeness (QED) is 0.724. The summed E-state index contributed by atoms with van der Waals surface area (Å²) in [4.78, 5) is 11.9. The summed E-state index contributed by atoms with van der Waals surface area (Å²) >= 11 is 0. The highest BCUT2D eigenvalue weighted by Gasteiger charge is 2.33. The van der Waals surface area contributed by atoms with Gasteiger partial charge in [-0.15, -0.1) is 0 Å². The van der Waals surface area contributed by atoms with Crippen molar-refractivity contribution in [3.8, 4) is 0 Å². The Balaban J connectivity index is 2.53. The zero-order chi connectivity index (χ0) is 13.1. The SMILES string of the molecule is CC(C)C(CCN)NC(=O)C1CCS(=O)(=O)C1. The van der Waals surface area contributed by atoms with Crippen molar-refractivity contribution in [1.29, 1.82) is 0 Å². The number of rotatable bonds is 5. The van der Waals surface area contributed by atoms with E-state index in [0.717, 1.165) is 6.42 Å². The standard InChI is InChI=1S/C11H22N2O3S/c1-8(2)10(3-5-12)13-11(14)9-4-6-17(15,16)7-9/h8-10H,3-7,12H2,1-2H3,(H,13,14). The summed E-state index contributed by atoms with van der Waals surface area (Å²) in [5.74, 6) is -0.0848. The molecule has 100 valence electrons. The third kappa shape index (κ3) is 4.27. The molecule has 2 atom stereocenters. The van der Waals surface area contributed by atoms with E-state index < -0.39 is 9.84 Å². The summed E-state index contributed by atoms with van der Waals surface area (Å²) in [5.41, 5.74) is 5.49. The van der Waals surface area contributed by atoms with Crippen molar-refractivity contribution >= 4 is 15.7 Å². The fraction of sp³-hybridized carbons (Fsp3) is 0.909. The maximum atomic E-state index is 11.9. The number of amides is 1. The maximum Gasteiger partial charge on any atom is 0.224 e. The van der Waals surface area contributed by atoms with Crippen LogP contribution in [0.4, 0.5) is 0 Å². The fourth-order valence-corrected chi connectivity index (χ4v) is 3.80. The zero-order valence-electron chi connectivity index (χ0n) is 10.5. The third-order valence-electron chi connectivity index (χ3n) is 3.21. The second-order valence-electron chi connectivity index (χ2n) is 5.04. The normalized spacial score (nSPS) is 24.8. The van der Waals surface area contributed by atoms with Gasteiger partial charge in [-0.25, -0.2) is 8.42 Å². The Hall–Kier alpha value is -0.620. The number of hydrogen-bond acceptors (Lipinski definition) is 4. The first-order chi connectivity index (χ1) is 7.85. The van der Waals surface area contributed by atoms with Crippen LogP contribution < -0.4 is 11.1 Å². The van der Waals surface area contributed by atoms with Gasteiger partial charge in [0.2, 0.25) is 5.91 Å². The minimum absolute atomic E-state index is 0.00767. The van der Waals surface area contributed by atoms with E-state index in [1.54, 1.807) is 0 Å². The first kappa shape index (κ1) is 14.4. The Morgan fingerprint density at radius 2 is 2.12 bits per heavy atom. The molecule has 0 aromatic heterocycles. The van der Waals surface area contributed by atoms with Crippen molar-refractivity contribution in [2.24, 2.45) is 17.6 Å². The lowest BCUT2D eigenvalue weighted by molar-refractivity contribution is -0.125. The Kier molecular flexibility index (Phi) is 4.94. The van der Waals surface area contributed by atoms with E-state index in [4.69, 9.17) is 5.73 Å². The second kappa shape index (κ2) is 5.82. The molecule has 0 aliphatic carbocycles. The molecule has 17 heavy (non-hydrogen) atoms. The topological polar surface area (TPSA) is 89.3 Å². The van der Waals surface area contributed by atoms with Gasteiger partial charge in [-0.1, -0.05) is 13.8 Å². The average molecular weight is 262 g/mol. The highest BCUT2D eigenvalue weighted by molar-refractivity contribution is 7.91. The molecule has 1 amide bonds. The molecule has 0 spiro atoms. The van der Waals surface area contributed by atoms with Crippen molar-refractivity contribution in [2.45, 2.75) is 32.7 Å². The predicted octanol–water partition coefficient (Wildman–Crippen LogP) is -0.0893. The lowest BCUT2D eigenvalue weighted by atomic mass is 9.99. The maximum absolute atomic E-state index is 11.9. The van der Waals surface area contributed by atoms with Crippen molar-refractivity contribution in [1.82, 2.24) is 5.32 Å². The van der Waals surface area contributed by atoms with Crippen molar-refractivity contribution < 1.29 is 13.2 Å². The van der Waals surface area contributed by atoms with Crippen molar-refractivity contribution in [2.75, 3.05) is 18.1 Å². The minimum atomic E-state index is -2.99. The fourth-order valence-electron chi connectivity index (χ4n) is 2.05. The predicted molar refractivity (Wildman–Crippen MR) is 67.2 cm³/mol. The first-order valence-electron chi connectivity index (χ1n) is 6.06. The van der Waals surface area contributed by atoms with E-state index in [1.807, 2.05) is 13.8 Å². The smallest absolute Gasteiger partial charge is 0.224 e. The van der Waals surface area contributed by atoms with Crippen LogP contribution in [0.5, 0.6) is 0 Å². The largest absolute Gasteiger partial charge is 0.353 e. The van der Waals surface area contributed by atoms with Gasteiger partial charge in [0.1, 0.15) is 0 Å². The van der Waals surface area contributed by atoms with E-state index in [1.165, 1.54) is 0 Å². The van der Waals surface area contributed by atoms with E-state index >= 15 is 0 Å². The molecule has 0 aromatic rings. The number of nitrogens with two attached hydrogens (primary N) is 1. The van der Waals surface area contributed by atoms with Gasteiger partial charge in [0, 0.05) is 6.04 Å². The van der Waals surface area contributed by atoms with Crippen LogP contribution in [0.25, 0.3) is 0 Å². The van der Waals surface area contributed by atoms with Gasteiger partial charge < -0.3 is 11.1 Å². The first-order valence-corrected chi connectivity index (χ1v) is 7.88. The van der Waals surface area contributed by atoms with Crippen LogP contribution >= 0.6 is 0 Å². The van der Waals surface area contributed by atoms with Gasteiger partial charge in [-0.05, 0) is 25.3 Å². The molecule has 3 N–H and O–H groups in total. The number of carbonyl (C=O) groups excluding carboxylic acids is 1. The Labute approximate surface area is 103 Å². The summed E-state index contributed by atoms with van der Waals surface area (Å²) in [6.45, 7) is 4.56. The van der Waals surface area contributed by atoms with E-state index in [9.17, 15) is 13.2 Å². The van der Waals surface area contributed by atoms with E-state index in [2.05, 4.69) is 5.32 Å². The van der Waals surface area contributed by atoms with Gasteiger partial charge in [0.05, 0.1) is 17.4 Å². The monoisotopic (exact) mass is 262 g/mol. The van der Waals surface area contributed by atoms with Crippen LogP contribution in [-0.4, -0.2) is 38.4 Å². The Morgan fingerprint density at radius 3 is 2.53 bits per heavy atom. The molecule has 0 saturated carbocycles. The van der Waals surface area contributed by atoms with Crippen LogP contribution in [0.3, 0.4) is 0 Å². The molecule has 1 saturated heterocycles. The molecule has 6 heteroatoms. The molecule has 2 unspecified atom stereocenters. The Bertz CT molecular complexity index is 365. The molecule has 1 fully saturated rings. The van der Waals surface area contributed by atoms with Gasteiger partial charge in [-0.3, -0.25) is 4.79 Å². The molecule has 1 aliphatic rings. The minimum Gasteiger partial charge on any atom is -0.353 e. The van der Waals surface area contributed by atoms with Crippen LogP contribution in [0.2, 0.25) is 0 Å². The van der Waals surface area contributed by atoms with E-state index in [-0.39, 0.29) is 29.4 Å². The van der Waals surface area contributed by atoms with Gasteiger partial charge in [0.25, 0.3) is 0 Å². The average Bonchev–Trinajstić information content (AvgIpc) is 2.58. The lowest BCUT2D eigenvalue weighted by Gasteiger charge is -2.23. The van der Waals surface area contributed by atoms with Crippen molar-refractivity contribution in [3.05, 3.63) is 0 Å². The molecule has 1 aliphatic heterocycles. The zero-order valence-corrected chi connectivity index (χ0v) is 11.3. The number of sulfone groups is 1. The lowest BCUT2D eigenvalue weighted by Crippen LogP contribution is -2.43. The third-order valence-corrected chi connectivity index (χ3v) is 4.98. The molecule has 0 bridgehead atoms. The highest BCUT2D eigenvalue weighted by Crippen LogP contribution is 2.19. The van der Waals surface area contributed by atoms with Gasteiger partial charge in [-0.2, -0.15) is 0 Å². The molecule has 1 rings (SSSR count). The van der Waals surface area contributed by atoms with E-state index in [0.29, 0.717) is 18.9 Å². The second-order valence-corrected chi connectivity index (χ2v) is 7.27. The molecule has 0 aromatic carbocycles. The summed E-state index contributed by atoms with van der Waals surface area (Å²) < 4.78 is 22.6. The van der Waals surface area contributed by atoms with Gasteiger partial charge in [0.15, 0.2) is 9.84 Å². The summed E-state index contributed by atoms with van der Waals surface area (Å²) in [7, 11) is -2.99. The van der Waals surface area contributed by atoms with Crippen molar-refractivity contribution in [3.63, 3.8) is 0 Å². The number of carbonyl (C=O) groups is 1. The molecule has 1 heterocycles. The summed E-state index contributed by atoms with van der Waals surface area (Å²) in [6, 6.07) is 0.0378. The number of nitrogens with one attached hydrogen (secondary N) is 1. The molecular formula is C11H22N2O3S. The Morgan fingerprint density at radius 1 is 1.47 bits per heavy atom. The molecule has 5 nitrogen and oxygen atoms in total.